The van der Waals surface area contributed by atoms with Crippen LogP contribution in [0.1, 0.15) is 6.92 Å². The summed E-state index contributed by atoms with van der Waals surface area (Å²) in [5.74, 6) is 0. The largest absolute Gasteiger partial charge is 0.394 e. The normalized spacial score (nSPS) is 54.0. The summed E-state index contributed by atoms with van der Waals surface area (Å²) in [7, 11) is 0. The maximum Gasteiger partial charge on any atom is 0.187 e. The van der Waals surface area contributed by atoms with Gasteiger partial charge in [-0.2, -0.15) is 0 Å². The van der Waals surface area contributed by atoms with Crippen molar-refractivity contribution in [1.82, 2.24) is 0 Å². The van der Waals surface area contributed by atoms with Gasteiger partial charge in [-0.25, -0.2) is 0 Å². The molecule has 0 unspecified atom stereocenters. The van der Waals surface area contributed by atoms with Crippen LogP contribution in [-0.4, -0.2) is 145 Å². The number of aliphatic hydroxyl groups is 9. The van der Waals surface area contributed by atoms with Crippen molar-refractivity contribution in [3.63, 3.8) is 0 Å². The predicted octanol–water partition coefficient (Wildman–Crippen LogP) is -5.91. The Labute approximate surface area is 176 Å². The van der Waals surface area contributed by atoms with E-state index in [-0.39, 0.29) is 6.61 Å². The average Bonchev–Trinajstić information content (AvgIpc) is 2.75. The lowest BCUT2D eigenvalue weighted by Crippen LogP contribution is -2.66. The Bertz CT molecular complexity index is 581. The Morgan fingerprint density at radius 1 is 0.710 bits per heavy atom. The minimum Gasteiger partial charge on any atom is -0.394 e. The van der Waals surface area contributed by atoms with E-state index in [1.807, 2.05) is 0 Å². The van der Waals surface area contributed by atoms with Crippen molar-refractivity contribution in [2.24, 2.45) is 0 Å². The van der Waals surface area contributed by atoms with Gasteiger partial charge in [-0.1, -0.05) is 0 Å². The second-order valence-corrected chi connectivity index (χ2v) is 7.87. The number of hydrogen-bond acceptors (Lipinski definition) is 14. The van der Waals surface area contributed by atoms with E-state index in [0.29, 0.717) is 0 Å². The van der Waals surface area contributed by atoms with Crippen molar-refractivity contribution in [3.05, 3.63) is 0 Å². The fourth-order valence-electron chi connectivity index (χ4n) is 3.71. The first-order valence-corrected chi connectivity index (χ1v) is 9.85. The van der Waals surface area contributed by atoms with Crippen molar-refractivity contribution in [1.29, 1.82) is 0 Å². The second kappa shape index (κ2) is 10.1. The molecule has 0 aliphatic carbocycles. The highest BCUT2D eigenvalue weighted by Crippen LogP contribution is 2.31. The van der Waals surface area contributed by atoms with Crippen LogP contribution in [0.4, 0.5) is 0 Å². The molecule has 0 saturated carbocycles. The van der Waals surface area contributed by atoms with E-state index in [9.17, 15) is 46.0 Å². The fraction of sp³-hybridized carbons (Fsp3) is 1.00. The number of ether oxygens (including phenoxy) is 5. The van der Waals surface area contributed by atoms with Crippen molar-refractivity contribution < 1.29 is 69.6 Å². The zero-order valence-electron chi connectivity index (χ0n) is 16.6. The fourth-order valence-corrected chi connectivity index (χ4v) is 3.71. The van der Waals surface area contributed by atoms with Crippen molar-refractivity contribution >= 4 is 0 Å². The first-order valence-electron chi connectivity index (χ1n) is 9.85. The first-order chi connectivity index (χ1) is 14.6. The topological polar surface area (TPSA) is 228 Å². The minimum absolute atomic E-state index is 0.386. The van der Waals surface area contributed by atoms with Crippen LogP contribution in [0.2, 0.25) is 0 Å². The van der Waals surface area contributed by atoms with E-state index in [4.69, 9.17) is 23.7 Å². The molecule has 0 amide bonds. The van der Waals surface area contributed by atoms with E-state index >= 15 is 0 Å². The van der Waals surface area contributed by atoms with Crippen LogP contribution < -0.4 is 0 Å². The smallest absolute Gasteiger partial charge is 0.187 e. The SMILES string of the molecule is C[C@@H]1O[C@@H](O[C@@H]2[C@@H](O)[C@H](O)O[C@H](CO)[C@H]2O[C@@H]2OC[C@@H](O)[C@H](O)[C@H]2O)[C@H](O)[C@H](O)[C@H]1O. The molecule has 14 nitrogen and oxygen atoms in total. The zero-order valence-corrected chi connectivity index (χ0v) is 16.6. The highest BCUT2D eigenvalue weighted by atomic mass is 16.7. The molecule has 0 aromatic heterocycles. The number of aliphatic hydroxyl groups excluding tert-OH is 9. The maximum atomic E-state index is 10.4. The van der Waals surface area contributed by atoms with Gasteiger partial charge in [0.15, 0.2) is 18.9 Å². The van der Waals surface area contributed by atoms with Gasteiger partial charge in [0.1, 0.15) is 61.0 Å². The van der Waals surface area contributed by atoms with E-state index in [1.165, 1.54) is 6.92 Å². The lowest BCUT2D eigenvalue weighted by molar-refractivity contribution is -0.376. The summed E-state index contributed by atoms with van der Waals surface area (Å²) < 4.78 is 26.7. The third kappa shape index (κ3) is 5.02. The van der Waals surface area contributed by atoms with Crippen LogP contribution in [0, 0.1) is 0 Å². The Morgan fingerprint density at radius 2 is 1.32 bits per heavy atom. The van der Waals surface area contributed by atoms with Gasteiger partial charge in [0.25, 0.3) is 0 Å². The molecule has 3 aliphatic rings. The summed E-state index contributed by atoms with van der Waals surface area (Å²) >= 11 is 0. The van der Waals surface area contributed by atoms with Crippen LogP contribution in [-0.2, 0) is 23.7 Å². The standard InChI is InChI=1S/C17H30O14/c1-4-7(20)9(22)11(24)17(28-4)31-14-12(25)15(26)29-6(2-18)13(14)30-16-10(23)8(21)5(19)3-27-16/h4-26H,2-3H2,1H3/t4-,5+,6+,7-,8-,9+,10+,11+,12+,13+,14+,15+,16-,17-/m0/s1. The molecule has 9 N–H and O–H groups in total. The molecular formula is C17H30O14. The zero-order chi connectivity index (χ0) is 23.0. The van der Waals surface area contributed by atoms with E-state index in [1.54, 1.807) is 0 Å². The minimum atomic E-state index is -1.83. The number of rotatable bonds is 5. The molecule has 3 fully saturated rings. The first kappa shape index (κ1) is 25.1. The summed E-state index contributed by atoms with van der Waals surface area (Å²) in [5.41, 5.74) is 0. The Hall–Kier alpha value is -0.560. The summed E-state index contributed by atoms with van der Waals surface area (Å²) in [5, 5.41) is 89.6. The average molecular weight is 458 g/mol. The Balaban J connectivity index is 1.80. The lowest BCUT2D eigenvalue weighted by atomic mass is 9.96. The molecule has 182 valence electrons. The van der Waals surface area contributed by atoms with Gasteiger partial charge in [-0.15, -0.1) is 0 Å². The molecule has 3 heterocycles. The van der Waals surface area contributed by atoms with E-state index in [0.717, 1.165) is 0 Å². The molecule has 3 rings (SSSR count). The molecule has 0 bridgehead atoms. The summed E-state index contributed by atoms with van der Waals surface area (Å²) in [4.78, 5) is 0. The van der Waals surface area contributed by atoms with E-state index < -0.39 is 92.6 Å². The maximum absolute atomic E-state index is 10.4. The predicted molar refractivity (Wildman–Crippen MR) is 93.8 cm³/mol. The van der Waals surface area contributed by atoms with Crippen LogP contribution >= 0.6 is 0 Å². The highest BCUT2D eigenvalue weighted by molar-refractivity contribution is 4.95. The molecular weight excluding hydrogens is 428 g/mol. The molecule has 0 spiro atoms. The Morgan fingerprint density at radius 3 is 1.97 bits per heavy atom. The molecule has 0 radical (unpaired) electrons. The van der Waals surface area contributed by atoms with Gasteiger partial charge in [0.2, 0.25) is 0 Å². The second-order valence-electron chi connectivity index (χ2n) is 7.87. The van der Waals surface area contributed by atoms with Crippen LogP contribution in [0.3, 0.4) is 0 Å². The van der Waals surface area contributed by atoms with Crippen LogP contribution in [0.15, 0.2) is 0 Å². The van der Waals surface area contributed by atoms with Crippen molar-refractivity contribution in [3.8, 4) is 0 Å². The molecule has 0 aromatic rings. The van der Waals surface area contributed by atoms with Gasteiger partial charge in [0, 0.05) is 0 Å². The van der Waals surface area contributed by atoms with Crippen molar-refractivity contribution in [2.45, 2.75) is 92.9 Å². The van der Waals surface area contributed by atoms with Gasteiger partial charge in [-0.05, 0) is 6.92 Å². The van der Waals surface area contributed by atoms with E-state index in [2.05, 4.69) is 0 Å². The van der Waals surface area contributed by atoms with Gasteiger partial charge in [0.05, 0.1) is 19.3 Å². The molecule has 31 heavy (non-hydrogen) atoms. The quantitative estimate of drug-likeness (QED) is 0.187. The van der Waals surface area contributed by atoms with Crippen LogP contribution in [0.5, 0.6) is 0 Å². The van der Waals surface area contributed by atoms with Crippen molar-refractivity contribution in [2.75, 3.05) is 13.2 Å². The summed E-state index contributed by atoms with van der Waals surface area (Å²) in [6, 6.07) is 0. The lowest BCUT2D eigenvalue weighted by Gasteiger charge is -2.47. The van der Waals surface area contributed by atoms with Gasteiger partial charge in [-0.3, -0.25) is 0 Å². The molecule has 14 atom stereocenters. The van der Waals surface area contributed by atoms with Crippen LogP contribution in [0.25, 0.3) is 0 Å². The molecule has 3 saturated heterocycles. The molecule has 0 aromatic carbocycles. The van der Waals surface area contributed by atoms with Gasteiger partial charge < -0.3 is 69.6 Å². The monoisotopic (exact) mass is 458 g/mol. The molecule has 3 aliphatic heterocycles. The summed E-state index contributed by atoms with van der Waals surface area (Å²) in [6.45, 7) is 0.298. The number of hydrogen-bond donors (Lipinski definition) is 9. The highest BCUT2D eigenvalue weighted by Gasteiger charge is 2.52. The van der Waals surface area contributed by atoms with Gasteiger partial charge >= 0.3 is 0 Å². The Kier molecular flexibility index (Phi) is 8.21. The third-order valence-corrected chi connectivity index (χ3v) is 5.66. The molecule has 14 heteroatoms. The summed E-state index contributed by atoms with van der Waals surface area (Å²) in [6.07, 6.45) is -21.4. The third-order valence-electron chi connectivity index (χ3n) is 5.66.